The highest BCUT2D eigenvalue weighted by molar-refractivity contribution is 5.76. The number of benzene rings is 1. The number of anilines is 2. The summed E-state index contributed by atoms with van der Waals surface area (Å²) >= 11 is 0. The number of nitrogens with two attached hydrogens (primary N) is 1. The maximum Gasteiger partial charge on any atom is 0.145 e. The highest BCUT2D eigenvalue weighted by atomic mass is 16.5. The van der Waals surface area contributed by atoms with E-state index in [2.05, 4.69) is 37.7 Å². The SMILES string of the molecule is CN(C)CCCN1CC(C)(C)Oc2cccc(N)c21. The van der Waals surface area contributed by atoms with Gasteiger partial charge in [0.1, 0.15) is 17.0 Å². The van der Waals surface area contributed by atoms with E-state index in [9.17, 15) is 0 Å². The highest BCUT2D eigenvalue weighted by Crippen LogP contribution is 2.40. The van der Waals surface area contributed by atoms with Crippen molar-refractivity contribution in [1.82, 2.24) is 4.90 Å². The molecule has 1 aromatic carbocycles. The Balaban J connectivity index is 2.19. The van der Waals surface area contributed by atoms with E-state index in [0.717, 1.165) is 43.2 Å². The molecule has 0 spiro atoms. The van der Waals surface area contributed by atoms with Crippen LogP contribution in [0.5, 0.6) is 5.75 Å². The Morgan fingerprint density at radius 3 is 2.79 bits per heavy atom. The molecule has 1 aliphatic heterocycles. The van der Waals surface area contributed by atoms with Gasteiger partial charge < -0.3 is 20.3 Å². The topological polar surface area (TPSA) is 41.7 Å². The van der Waals surface area contributed by atoms with Crippen molar-refractivity contribution in [2.75, 3.05) is 44.4 Å². The van der Waals surface area contributed by atoms with Crippen LogP contribution in [0.3, 0.4) is 0 Å². The molecule has 106 valence electrons. The first-order valence-corrected chi connectivity index (χ1v) is 6.86. The molecule has 4 heteroatoms. The van der Waals surface area contributed by atoms with E-state index in [1.165, 1.54) is 0 Å². The number of nitrogen functional groups attached to an aromatic ring is 1. The number of fused-ring (bicyclic) bond motifs is 1. The summed E-state index contributed by atoms with van der Waals surface area (Å²) in [6.07, 6.45) is 1.12. The van der Waals surface area contributed by atoms with Gasteiger partial charge in [-0.3, -0.25) is 0 Å². The maximum absolute atomic E-state index is 6.12. The Hall–Kier alpha value is -1.42. The molecule has 0 aliphatic carbocycles. The van der Waals surface area contributed by atoms with Crippen molar-refractivity contribution >= 4 is 11.4 Å². The van der Waals surface area contributed by atoms with E-state index >= 15 is 0 Å². The van der Waals surface area contributed by atoms with Crippen LogP contribution in [0, 0.1) is 0 Å². The van der Waals surface area contributed by atoms with Gasteiger partial charge in [0.15, 0.2) is 0 Å². The number of hydrogen-bond donors (Lipinski definition) is 1. The van der Waals surface area contributed by atoms with Gasteiger partial charge in [0.2, 0.25) is 0 Å². The summed E-state index contributed by atoms with van der Waals surface area (Å²) in [5, 5.41) is 0. The summed E-state index contributed by atoms with van der Waals surface area (Å²) in [7, 11) is 4.21. The minimum Gasteiger partial charge on any atom is -0.484 e. The molecule has 0 atom stereocenters. The Bertz CT molecular complexity index is 443. The Kier molecular flexibility index (Phi) is 3.90. The summed E-state index contributed by atoms with van der Waals surface area (Å²) in [5.74, 6) is 0.904. The minimum absolute atomic E-state index is 0.168. The third-order valence-corrected chi connectivity index (χ3v) is 3.34. The van der Waals surface area contributed by atoms with Gasteiger partial charge in [0, 0.05) is 6.54 Å². The van der Waals surface area contributed by atoms with E-state index in [4.69, 9.17) is 10.5 Å². The molecule has 0 bridgehead atoms. The van der Waals surface area contributed by atoms with Crippen molar-refractivity contribution in [1.29, 1.82) is 0 Å². The molecule has 0 aromatic heterocycles. The molecular formula is C15H25N3O. The third-order valence-electron chi connectivity index (χ3n) is 3.34. The summed E-state index contributed by atoms with van der Waals surface area (Å²) in [5.41, 5.74) is 7.81. The Labute approximate surface area is 116 Å². The zero-order chi connectivity index (χ0) is 14.0. The lowest BCUT2D eigenvalue weighted by atomic mass is 10.0. The molecule has 1 aromatic rings. The van der Waals surface area contributed by atoms with Gasteiger partial charge in [-0.15, -0.1) is 0 Å². The smallest absolute Gasteiger partial charge is 0.145 e. The lowest BCUT2D eigenvalue weighted by Gasteiger charge is -2.41. The van der Waals surface area contributed by atoms with Crippen LogP contribution in [-0.4, -0.2) is 44.2 Å². The first kappa shape index (κ1) is 14.0. The van der Waals surface area contributed by atoms with Crippen LogP contribution in [0.1, 0.15) is 20.3 Å². The van der Waals surface area contributed by atoms with Gasteiger partial charge in [0.05, 0.1) is 12.2 Å². The van der Waals surface area contributed by atoms with Crippen molar-refractivity contribution in [3.05, 3.63) is 18.2 Å². The van der Waals surface area contributed by atoms with Crippen molar-refractivity contribution in [2.45, 2.75) is 25.9 Å². The molecule has 0 radical (unpaired) electrons. The standard InChI is InChI=1S/C15H25N3O/c1-15(2)11-18(10-6-9-17(3)4)14-12(16)7-5-8-13(14)19-15/h5,7-8H,6,9-11,16H2,1-4H3. The molecule has 4 nitrogen and oxygen atoms in total. The van der Waals surface area contributed by atoms with Crippen LogP contribution < -0.4 is 15.4 Å². The fraction of sp³-hybridized carbons (Fsp3) is 0.600. The molecule has 0 fully saturated rings. The summed E-state index contributed by atoms with van der Waals surface area (Å²) < 4.78 is 6.03. The number of rotatable bonds is 4. The predicted octanol–water partition coefficient (Wildman–Crippen LogP) is 2.20. The molecule has 0 saturated heterocycles. The summed E-state index contributed by atoms with van der Waals surface area (Å²) in [4.78, 5) is 4.57. The molecule has 1 aliphatic rings. The number of para-hydroxylation sites is 1. The van der Waals surface area contributed by atoms with Gasteiger partial charge in [-0.1, -0.05) is 6.07 Å². The minimum atomic E-state index is -0.168. The molecule has 19 heavy (non-hydrogen) atoms. The van der Waals surface area contributed by atoms with Crippen LogP contribution in [0.15, 0.2) is 18.2 Å². The zero-order valence-electron chi connectivity index (χ0n) is 12.4. The van der Waals surface area contributed by atoms with Crippen molar-refractivity contribution < 1.29 is 4.74 Å². The molecule has 0 saturated carbocycles. The maximum atomic E-state index is 6.12. The van der Waals surface area contributed by atoms with Crippen LogP contribution in [-0.2, 0) is 0 Å². The van der Waals surface area contributed by atoms with Crippen LogP contribution in [0.25, 0.3) is 0 Å². The van der Waals surface area contributed by atoms with Crippen molar-refractivity contribution in [2.24, 2.45) is 0 Å². The van der Waals surface area contributed by atoms with Crippen LogP contribution in [0.2, 0.25) is 0 Å². The monoisotopic (exact) mass is 263 g/mol. The molecule has 1 heterocycles. The van der Waals surface area contributed by atoms with Gasteiger partial charge in [-0.25, -0.2) is 0 Å². The number of hydrogen-bond acceptors (Lipinski definition) is 4. The third kappa shape index (κ3) is 3.32. The van der Waals surface area contributed by atoms with Crippen molar-refractivity contribution in [3.63, 3.8) is 0 Å². The summed E-state index contributed by atoms with van der Waals surface area (Å²) in [6, 6.07) is 5.90. The highest BCUT2D eigenvalue weighted by Gasteiger charge is 2.32. The van der Waals surface area contributed by atoms with Gasteiger partial charge in [-0.2, -0.15) is 0 Å². The van der Waals surface area contributed by atoms with E-state index in [-0.39, 0.29) is 5.60 Å². The molecule has 2 N–H and O–H groups in total. The predicted molar refractivity (Wildman–Crippen MR) is 80.9 cm³/mol. The first-order valence-electron chi connectivity index (χ1n) is 6.86. The van der Waals surface area contributed by atoms with E-state index in [0.29, 0.717) is 0 Å². The molecule has 0 unspecified atom stereocenters. The second-order valence-corrected chi connectivity index (χ2v) is 6.13. The second-order valence-electron chi connectivity index (χ2n) is 6.13. The summed E-state index contributed by atoms with van der Waals surface area (Å²) in [6.45, 7) is 7.21. The first-order chi connectivity index (χ1) is 8.89. The number of nitrogens with zero attached hydrogens (tertiary/aromatic N) is 2. The Morgan fingerprint density at radius 2 is 2.11 bits per heavy atom. The van der Waals surface area contributed by atoms with E-state index < -0.39 is 0 Å². The molecule has 2 rings (SSSR count). The van der Waals surface area contributed by atoms with Crippen LogP contribution in [0.4, 0.5) is 11.4 Å². The largest absolute Gasteiger partial charge is 0.484 e. The van der Waals surface area contributed by atoms with Gasteiger partial charge in [-0.05, 0) is 53.0 Å². The fourth-order valence-corrected chi connectivity index (χ4v) is 2.60. The lowest BCUT2D eigenvalue weighted by molar-refractivity contribution is 0.105. The molecule has 0 amide bonds. The Morgan fingerprint density at radius 1 is 1.37 bits per heavy atom. The lowest BCUT2D eigenvalue weighted by Crippen LogP contribution is -2.47. The van der Waals surface area contributed by atoms with Crippen molar-refractivity contribution in [3.8, 4) is 5.75 Å². The second kappa shape index (κ2) is 5.29. The van der Waals surface area contributed by atoms with E-state index in [1.54, 1.807) is 0 Å². The average Bonchev–Trinajstić information content (AvgIpc) is 2.26. The quantitative estimate of drug-likeness (QED) is 0.846. The van der Waals surface area contributed by atoms with Crippen LogP contribution >= 0.6 is 0 Å². The molecular weight excluding hydrogens is 238 g/mol. The van der Waals surface area contributed by atoms with Gasteiger partial charge in [0.25, 0.3) is 0 Å². The normalized spacial score (nSPS) is 17.2. The van der Waals surface area contributed by atoms with E-state index in [1.807, 2.05) is 18.2 Å². The number of ether oxygens (including phenoxy) is 1. The fourth-order valence-electron chi connectivity index (χ4n) is 2.60. The van der Waals surface area contributed by atoms with Gasteiger partial charge >= 0.3 is 0 Å². The zero-order valence-corrected chi connectivity index (χ0v) is 12.4. The average molecular weight is 263 g/mol.